The van der Waals surface area contributed by atoms with Crippen LogP contribution < -0.4 is 22.9 Å². The number of nitrogens with zero attached hydrogens (tertiary/aromatic N) is 1. The van der Waals surface area contributed by atoms with Gasteiger partial charge in [-0.2, -0.15) is 0 Å². The van der Waals surface area contributed by atoms with Crippen LogP contribution in [0.4, 0.5) is 0 Å². The summed E-state index contributed by atoms with van der Waals surface area (Å²) in [5.41, 5.74) is 20.8. The van der Waals surface area contributed by atoms with Crippen LogP contribution in [0.25, 0.3) is 0 Å². The minimum Gasteiger partial charge on any atom is -0.480 e. The van der Waals surface area contributed by atoms with Crippen LogP contribution in [0.2, 0.25) is 0 Å². The van der Waals surface area contributed by atoms with Crippen molar-refractivity contribution in [1.29, 1.82) is 0 Å². The second-order valence-electron chi connectivity index (χ2n) is 5.35. The average molecular weight is 321 g/mol. The average Bonchev–Trinajstić information content (AvgIpc) is 2.51. The molecule has 0 aliphatic carbocycles. The van der Waals surface area contributed by atoms with Crippen LogP contribution in [0.15, 0.2) is 35.3 Å². The summed E-state index contributed by atoms with van der Waals surface area (Å²) >= 11 is 0. The quantitative estimate of drug-likeness (QED) is 0.167. The van der Waals surface area contributed by atoms with E-state index in [-0.39, 0.29) is 31.8 Å². The number of carbonyl (C=O) groups is 2. The molecule has 1 aromatic rings. The van der Waals surface area contributed by atoms with Gasteiger partial charge in [0.2, 0.25) is 0 Å². The molecule has 0 fully saturated rings. The van der Waals surface area contributed by atoms with Crippen molar-refractivity contribution >= 4 is 17.7 Å². The predicted molar refractivity (Wildman–Crippen MR) is 87.6 cm³/mol. The molecule has 23 heavy (non-hydrogen) atoms. The number of carbonyl (C=O) groups excluding carboxylic acids is 1. The van der Waals surface area contributed by atoms with E-state index in [1.54, 1.807) is 0 Å². The first kappa shape index (κ1) is 18.6. The highest BCUT2D eigenvalue weighted by molar-refractivity contribution is 6.09. The number of aliphatic imine (C=N–C) groups is 1. The lowest BCUT2D eigenvalue weighted by atomic mass is 9.84. The normalized spacial score (nSPS) is 14.5. The van der Waals surface area contributed by atoms with Crippen LogP contribution in [0.5, 0.6) is 0 Å². The maximum absolute atomic E-state index is 12.4. The minimum atomic E-state index is -2.05. The molecule has 0 bridgehead atoms. The maximum atomic E-state index is 12.4. The van der Waals surface area contributed by atoms with Crippen molar-refractivity contribution < 1.29 is 14.7 Å². The molecule has 0 saturated carbocycles. The summed E-state index contributed by atoms with van der Waals surface area (Å²) in [7, 11) is 0. The van der Waals surface area contributed by atoms with Crippen molar-refractivity contribution in [3.8, 4) is 0 Å². The van der Waals surface area contributed by atoms with Gasteiger partial charge in [0.25, 0.3) is 0 Å². The number of carboxylic acid groups (broad SMARTS) is 1. The molecule has 2 unspecified atom stereocenters. The van der Waals surface area contributed by atoms with Gasteiger partial charge < -0.3 is 28.0 Å². The predicted octanol–water partition coefficient (Wildman–Crippen LogP) is -1.04. The van der Waals surface area contributed by atoms with Crippen LogP contribution in [-0.4, -0.2) is 40.9 Å². The second-order valence-corrected chi connectivity index (χ2v) is 5.35. The van der Waals surface area contributed by atoms with Gasteiger partial charge >= 0.3 is 5.97 Å². The zero-order valence-electron chi connectivity index (χ0n) is 12.8. The third kappa shape index (κ3) is 5.35. The van der Waals surface area contributed by atoms with Gasteiger partial charge in [-0.1, -0.05) is 30.3 Å². The summed E-state index contributed by atoms with van der Waals surface area (Å²) in [4.78, 5) is 27.6. The Bertz CT molecular complexity index is 572. The minimum absolute atomic E-state index is 0.0968. The van der Waals surface area contributed by atoms with Crippen LogP contribution >= 0.6 is 0 Å². The molecule has 0 aliphatic rings. The third-order valence-corrected chi connectivity index (χ3v) is 3.48. The Labute approximate surface area is 134 Å². The van der Waals surface area contributed by atoms with E-state index in [0.29, 0.717) is 0 Å². The van der Waals surface area contributed by atoms with E-state index in [1.807, 2.05) is 30.3 Å². The second kappa shape index (κ2) is 8.25. The highest BCUT2D eigenvalue weighted by Gasteiger charge is 2.43. The van der Waals surface area contributed by atoms with E-state index in [0.717, 1.165) is 5.56 Å². The molecule has 8 heteroatoms. The maximum Gasteiger partial charge on any atom is 0.331 e. The van der Waals surface area contributed by atoms with E-state index < -0.39 is 23.3 Å². The topological polar surface area (TPSA) is 171 Å². The Kier molecular flexibility index (Phi) is 6.67. The number of ketones is 1. The smallest absolute Gasteiger partial charge is 0.331 e. The fourth-order valence-corrected chi connectivity index (χ4v) is 2.19. The number of guanidine groups is 1. The number of rotatable bonds is 9. The van der Waals surface area contributed by atoms with E-state index in [4.69, 9.17) is 22.9 Å². The Hall–Kier alpha value is -2.45. The monoisotopic (exact) mass is 321 g/mol. The molecular weight excluding hydrogens is 298 g/mol. The number of benzene rings is 1. The van der Waals surface area contributed by atoms with Crippen molar-refractivity contribution in [3.63, 3.8) is 0 Å². The summed E-state index contributed by atoms with van der Waals surface area (Å²) < 4.78 is 0. The van der Waals surface area contributed by atoms with Crippen LogP contribution in [0.1, 0.15) is 18.4 Å². The Balaban J connectivity index is 2.76. The van der Waals surface area contributed by atoms with Gasteiger partial charge in [-0.15, -0.1) is 0 Å². The van der Waals surface area contributed by atoms with Crippen LogP contribution in [0.3, 0.4) is 0 Å². The summed E-state index contributed by atoms with van der Waals surface area (Å²) in [5, 5.41) is 9.34. The Morgan fingerprint density at radius 2 is 1.83 bits per heavy atom. The van der Waals surface area contributed by atoms with E-state index in [9.17, 15) is 14.7 Å². The van der Waals surface area contributed by atoms with Crippen molar-refractivity contribution in [1.82, 2.24) is 0 Å². The zero-order chi connectivity index (χ0) is 17.5. The van der Waals surface area contributed by atoms with Crippen LogP contribution in [0, 0.1) is 0 Å². The SMILES string of the molecule is NC(N)=NCCCC(N)(C(=O)O)C(=O)C(N)Cc1ccccc1. The fraction of sp³-hybridized carbons (Fsp3) is 0.400. The first-order valence-electron chi connectivity index (χ1n) is 7.19. The number of aliphatic carboxylic acids is 1. The van der Waals surface area contributed by atoms with E-state index in [2.05, 4.69) is 4.99 Å². The van der Waals surface area contributed by atoms with Crippen molar-refractivity contribution in [2.75, 3.05) is 6.54 Å². The standard InChI is InChI=1S/C15H23N5O3/c16-11(9-10-5-2-1-3-6-10)12(21)15(19,13(22)23)7-4-8-20-14(17)18/h1-3,5-6,11H,4,7-9,16,19H2,(H,22,23)(H4,17,18,20). The Morgan fingerprint density at radius 3 is 2.35 bits per heavy atom. The molecule has 126 valence electrons. The first-order valence-corrected chi connectivity index (χ1v) is 7.19. The lowest BCUT2D eigenvalue weighted by Gasteiger charge is -2.26. The number of hydrogen-bond acceptors (Lipinski definition) is 5. The molecule has 1 rings (SSSR count). The van der Waals surface area contributed by atoms with Gasteiger partial charge in [0.15, 0.2) is 17.3 Å². The molecule has 9 N–H and O–H groups in total. The number of carboxylic acids is 1. The van der Waals surface area contributed by atoms with Gasteiger partial charge in [-0.25, -0.2) is 4.79 Å². The molecule has 0 radical (unpaired) electrons. The molecule has 8 nitrogen and oxygen atoms in total. The molecule has 1 aromatic carbocycles. The molecular formula is C15H23N5O3. The first-order chi connectivity index (χ1) is 10.8. The van der Waals surface area contributed by atoms with Gasteiger partial charge in [0.1, 0.15) is 0 Å². The number of Topliss-reactive ketones (excluding diaryl/α,β-unsaturated/α-hetero) is 1. The third-order valence-electron chi connectivity index (χ3n) is 3.48. The van der Waals surface area contributed by atoms with Crippen LogP contribution in [-0.2, 0) is 16.0 Å². The van der Waals surface area contributed by atoms with E-state index >= 15 is 0 Å². The number of hydrogen-bond donors (Lipinski definition) is 5. The number of nitrogens with two attached hydrogens (primary N) is 4. The van der Waals surface area contributed by atoms with Crippen molar-refractivity contribution in [3.05, 3.63) is 35.9 Å². The summed E-state index contributed by atoms with van der Waals surface area (Å²) in [6.07, 6.45) is 0.380. The van der Waals surface area contributed by atoms with Gasteiger partial charge in [-0.05, 0) is 24.8 Å². The molecule has 0 amide bonds. The lowest BCUT2D eigenvalue weighted by molar-refractivity contribution is -0.149. The lowest BCUT2D eigenvalue weighted by Crippen LogP contribution is -2.60. The van der Waals surface area contributed by atoms with Crippen molar-refractivity contribution in [2.24, 2.45) is 27.9 Å². The molecule has 0 heterocycles. The molecule has 0 saturated heterocycles. The zero-order valence-corrected chi connectivity index (χ0v) is 12.8. The van der Waals surface area contributed by atoms with Gasteiger partial charge in [-0.3, -0.25) is 9.79 Å². The molecule has 2 atom stereocenters. The highest BCUT2D eigenvalue weighted by atomic mass is 16.4. The highest BCUT2D eigenvalue weighted by Crippen LogP contribution is 2.16. The van der Waals surface area contributed by atoms with Gasteiger partial charge in [0, 0.05) is 6.54 Å². The molecule has 0 spiro atoms. The Morgan fingerprint density at radius 1 is 1.22 bits per heavy atom. The van der Waals surface area contributed by atoms with Crippen molar-refractivity contribution in [2.45, 2.75) is 30.8 Å². The molecule has 0 aliphatic heterocycles. The van der Waals surface area contributed by atoms with E-state index in [1.165, 1.54) is 0 Å². The largest absolute Gasteiger partial charge is 0.480 e. The molecule has 0 aromatic heterocycles. The summed E-state index contributed by atoms with van der Waals surface area (Å²) in [6.45, 7) is 0.190. The summed E-state index contributed by atoms with van der Waals surface area (Å²) in [5.74, 6) is -2.22. The van der Waals surface area contributed by atoms with Gasteiger partial charge in [0.05, 0.1) is 6.04 Å². The fourth-order valence-electron chi connectivity index (χ4n) is 2.19. The summed E-state index contributed by atoms with van der Waals surface area (Å²) in [6, 6.07) is 8.09.